The second kappa shape index (κ2) is 62.4. The van der Waals surface area contributed by atoms with Crippen LogP contribution >= 0.6 is 79.6 Å². The van der Waals surface area contributed by atoms with Crippen molar-refractivity contribution in [1.29, 1.82) is 0 Å². The molecule has 4 aliphatic heterocycles. The molecule has 0 spiro atoms. The molecule has 4 aliphatic rings. The number of methoxy groups -OCH3 is 1. The molecule has 8 N–H and O–H groups in total. The molecular formula is C105H139AlBBr5LiN11O16. The molecule has 0 radical (unpaired) electrons. The number of amides is 3. The molecule has 7 aromatic carbocycles. The Bertz CT molecular complexity index is 5860. The quantitative estimate of drug-likeness (QED) is 0.0170. The number of esters is 1. The summed E-state index contributed by atoms with van der Waals surface area (Å²) in [6.07, 6.45) is 14.3. The number of aryl methyl sites for hydroxylation is 1. The van der Waals surface area contributed by atoms with Crippen LogP contribution in [-0.2, 0) is 75.1 Å². The SMILES string of the molecule is C.C.C.C.C1CCOC1.C1CCOC1.CC(C)(C)OC(=O)NCc1ccc2ncc(B3OC(C)(C)C(C)(C)O3)cc2c1.CC(C)(C)OC(=O)OC(=O)OC(C)(C)C.CCc1ccc2ncc(Br)cc2c1.COC(=O)c1ccc2ncc(Br)cc2c1.NCc1ccc2ncc(Br)cc2c1.NN.O=C1c2ccccc2C(=O)N1Cc1ccc2ncc(Br)cc2c1.OCc1ccc2ncc(Br)cc2c1.[2H]CC.[AlH3].[H-].[Li+]. The second-order valence-corrected chi connectivity index (χ2v) is 38.7. The third-order valence-electron chi connectivity index (χ3n) is 19.7. The van der Waals surface area contributed by atoms with Crippen LogP contribution in [0.25, 0.3) is 65.4 Å². The number of nitrogens with two attached hydrogens (primary N) is 3. The molecule has 140 heavy (non-hydrogen) atoms. The predicted octanol–water partition coefficient (Wildman–Crippen LogP) is 21.4. The van der Waals surface area contributed by atoms with E-state index < -0.39 is 53.5 Å². The minimum atomic E-state index is -1.06. The topological polar surface area (TPSA) is 376 Å². The molecule has 0 atom stereocenters. The molecule has 0 saturated carbocycles. The number of nitrogens with one attached hydrogen (secondary N) is 1. The van der Waals surface area contributed by atoms with Crippen molar-refractivity contribution in [3.8, 4) is 0 Å². The van der Waals surface area contributed by atoms with Gasteiger partial charge in [0.15, 0.2) is 17.4 Å². The molecule has 35 heteroatoms. The fourth-order valence-corrected chi connectivity index (χ4v) is 14.4. The molecule has 10 heterocycles. The van der Waals surface area contributed by atoms with Crippen LogP contribution in [0.4, 0.5) is 14.4 Å². The number of alkyl carbamates (subject to hydrolysis) is 1. The monoisotopic (exact) mass is 2250 g/mol. The van der Waals surface area contributed by atoms with E-state index in [0.29, 0.717) is 36.7 Å². The Morgan fingerprint density at radius 1 is 0.493 bits per heavy atom. The van der Waals surface area contributed by atoms with Gasteiger partial charge in [0, 0.05) is 138 Å². The Morgan fingerprint density at radius 3 is 1.17 bits per heavy atom. The molecule has 0 unspecified atom stereocenters. The molecule has 3 amide bonds. The van der Waals surface area contributed by atoms with Crippen molar-refractivity contribution >= 4 is 211 Å². The molecule has 27 nitrogen and oxygen atoms in total. The van der Waals surface area contributed by atoms with Crippen LogP contribution in [0, 0.1) is 0 Å². The van der Waals surface area contributed by atoms with E-state index in [1.807, 2.05) is 152 Å². The van der Waals surface area contributed by atoms with Crippen LogP contribution < -0.4 is 47.1 Å². The standard InChI is InChI=1S/C21H29BN2O4.C18H11BrN2O2.C11H8BrNO2.C11H10BrN.C10H9BrN2.C10H8BrNO.C10H18O5.2C4H8O.C2H6.4CH4.Al.Li.H4N2.4H/c1-19(2,3)26-18(25)24-12-14-8-9-17-15(10-14)11-16(13-23-17)22-27-20(4,5)21(6,7)28-22;19-13-8-12-7-11(5-6-16(12)20-9-13)10-21-17(22)14-3-1-2-4-15(14)18(21)23;1-15-11(14)7-2-3-10-8(4-7)5-9(12)6-13-10;1-2-8-3-4-11-9(5-8)6-10(12)7-13-11;11-9-4-8-3-7(5-12)1-2-10(8)13-6-9;11-9-4-8-3-7(6-13)1-2-10(8)12-5-9;1-9(2,3)14-7(11)13-8(12)15-10(4,5)6;2*1-2-4-5-3-1;1-2;;;;;;;1-2;;;;/h8-11,13H,12H2,1-7H3,(H,24,25);1-9H,10H2;2-6H,1H3;3-7H,2H2,1H3;1-4,6H,5,12H2;1-5,13H,6H2;1-6H3;2*1-4H2;1-2H3;4*1H4;;;1-2H2;;;;/q;;;;;;;;;;;;;;;+1;;;;;-1/i;;;;;;;;;1D;;;;;;;;;;;. The third kappa shape index (κ3) is 42.4. The van der Waals surface area contributed by atoms with Crippen LogP contribution in [0.5, 0.6) is 0 Å². The largest absolute Gasteiger partial charge is 1.00 e. The summed E-state index contributed by atoms with van der Waals surface area (Å²) in [6.45, 7) is 33.4. The predicted molar refractivity (Wildman–Crippen MR) is 584 cm³/mol. The number of aliphatic hydroxyl groups is 1. The van der Waals surface area contributed by atoms with Gasteiger partial charge >= 0.3 is 50.4 Å². The van der Waals surface area contributed by atoms with Gasteiger partial charge in [0.05, 0.1) is 81.3 Å². The van der Waals surface area contributed by atoms with E-state index in [1.165, 1.54) is 48.6 Å². The molecule has 3 saturated heterocycles. The summed E-state index contributed by atoms with van der Waals surface area (Å²) in [7, 11) is 0.913. The number of imide groups is 1. The van der Waals surface area contributed by atoms with Crippen molar-refractivity contribution in [2.75, 3.05) is 33.5 Å². The number of pyridine rings is 6. The molecule has 17 rings (SSSR count). The van der Waals surface area contributed by atoms with E-state index >= 15 is 0 Å². The Labute approximate surface area is 893 Å². The number of hydrogen-bond acceptors (Lipinski definition) is 25. The molecular weight excluding hydrogens is 2120 g/mol. The maximum absolute atomic E-state index is 12.4. The molecule has 3 fully saturated rings. The Hall–Kier alpha value is -9.11. The number of nitrogens with zero attached hydrogens (tertiary/aromatic N) is 7. The summed E-state index contributed by atoms with van der Waals surface area (Å²) in [5, 5.41) is 17.9. The fraction of sp³-hybridized carbons (Fsp3) is 0.371. The Balaban J connectivity index is 0.00000160. The number of carbonyl (C=O) groups excluding carboxylic acids is 6. The van der Waals surface area contributed by atoms with Gasteiger partial charge in [0.2, 0.25) is 0 Å². The third-order valence-corrected chi connectivity index (χ3v) is 21.9. The summed E-state index contributed by atoms with van der Waals surface area (Å²) >= 11 is 16.9. The average molecular weight is 2260 g/mol. The minimum absolute atomic E-state index is 0. The molecule has 752 valence electrons. The zero-order valence-corrected chi connectivity index (χ0v) is 87.4. The van der Waals surface area contributed by atoms with Crippen molar-refractivity contribution in [2.45, 2.75) is 227 Å². The Morgan fingerprint density at radius 2 is 0.814 bits per heavy atom. The van der Waals surface area contributed by atoms with Gasteiger partial charge in [-0.05, 0) is 351 Å². The van der Waals surface area contributed by atoms with E-state index in [0.717, 1.165) is 143 Å². The van der Waals surface area contributed by atoms with Gasteiger partial charge in [-0.3, -0.25) is 56.1 Å². The number of hydrazine groups is 1. The fourth-order valence-electron chi connectivity index (χ4n) is 12.6. The number of benzene rings is 7. The van der Waals surface area contributed by atoms with Crippen molar-refractivity contribution < 1.29 is 98.0 Å². The number of rotatable bonds is 9. The van der Waals surface area contributed by atoms with E-state index in [9.17, 15) is 28.8 Å². The second-order valence-electron chi connectivity index (χ2n) is 34.1. The summed E-state index contributed by atoms with van der Waals surface area (Å²) < 4.78 is 56.8. The maximum Gasteiger partial charge on any atom is 1.00 e. The van der Waals surface area contributed by atoms with Crippen molar-refractivity contribution in [1.82, 2.24) is 40.1 Å². The van der Waals surface area contributed by atoms with E-state index in [2.05, 4.69) is 173 Å². The summed E-state index contributed by atoms with van der Waals surface area (Å²) in [6, 6.07) is 54.0. The van der Waals surface area contributed by atoms with E-state index in [4.69, 9.17) is 45.2 Å². The average Bonchev–Trinajstić information content (AvgIpc) is 1.64. The van der Waals surface area contributed by atoms with Crippen LogP contribution in [0.2, 0.25) is 0 Å². The first kappa shape index (κ1) is 127. The summed E-state index contributed by atoms with van der Waals surface area (Å²) in [5.74, 6) is 7.19. The first-order valence-corrected chi connectivity index (χ1v) is 47.2. The molecule has 6 aromatic heterocycles. The molecule has 13 aromatic rings. The van der Waals surface area contributed by atoms with Gasteiger partial charge in [-0.15, -0.1) is 0 Å². The number of fused-ring (bicyclic) bond motifs is 7. The van der Waals surface area contributed by atoms with Gasteiger partial charge in [-0.25, -0.2) is 19.2 Å². The molecule has 0 aliphatic carbocycles. The maximum atomic E-state index is 12.4. The normalized spacial score (nSPS) is 13.1. The van der Waals surface area contributed by atoms with Gasteiger partial charge in [0.1, 0.15) is 16.8 Å². The van der Waals surface area contributed by atoms with Gasteiger partial charge in [-0.1, -0.05) is 99.0 Å². The first-order valence-electron chi connectivity index (χ1n) is 43.9. The smallest absolute Gasteiger partial charge is 1.00 e. The van der Waals surface area contributed by atoms with Crippen molar-refractivity contribution in [3.63, 3.8) is 0 Å². The van der Waals surface area contributed by atoms with Crippen molar-refractivity contribution in [2.24, 2.45) is 17.4 Å². The van der Waals surface area contributed by atoms with Crippen LogP contribution in [0.3, 0.4) is 0 Å². The number of ether oxygens (including phenoxy) is 7. The Kier molecular flexibility index (Phi) is 56.6. The van der Waals surface area contributed by atoms with Crippen molar-refractivity contribution in [3.05, 3.63) is 274 Å². The van der Waals surface area contributed by atoms with E-state index in [1.54, 1.807) is 122 Å². The van der Waals surface area contributed by atoms with Crippen LogP contribution in [0.1, 0.15) is 228 Å². The van der Waals surface area contributed by atoms with Crippen LogP contribution in [-0.4, -0.2) is 162 Å². The van der Waals surface area contributed by atoms with Gasteiger partial charge < -0.3 is 60.1 Å². The number of halogens is 5. The number of aromatic nitrogens is 6. The summed E-state index contributed by atoms with van der Waals surface area (Å²) in [4.78, 5) is 97.2. The number of aliphatic hydroxyl groups excluding tert-OH is 1. The summed E-state index contributed by atoms with van der Waals surface area (Å²) in [5.41, 5.74) is 16.1. The van der Waals surface area contributed by atoms with Gasteiger partial charge in [-0.2, -0.15) is 0 Å². The minimum Gasteiger partial charge on any atom is -1.00 e. The van der Waals surface area contributed by atoms with Crippen LogP contribution in [0.15, 0.2) is 229 Å². The van der Waals surface area contributed by atoms with Gasteiger partial charge in [0.25, 0.3) is 11.8 Å². The number of carbonyl (C=O) groups is 6. The zero-order chi connectivity index (χ0) is 99.4. The van der Waals surface area contributed by atoms with E-state index in [-0.39, 0.29) is 98.3 Å². The number of hydrogen-bond donors (Lipinski definition) is 5. The molecule has 0 bridgehead atoms. The zero-order valence-electron chi connectivity index (χ0n) is 81.4. The first-order chi connectivity index (χ1) is 64.0.